The van der Waals surface area contributed by atoms with E-state index in [-0.39, 0.29) is 23.8 Å². The third-order valence-electron chi connectivity index (χ3n) is 5.97. The van der Waals surface area contributed by atoms with Crippen LogP contribution in [-0.4, -0.2) is 22.9 Å². The van der Waals surface area contributed by atoms with Gasteiger partial charge in [0.15, 0.2) is 5.76 Å². The highest BCUT2D eigenvalue weighted by molar-refractivity contribution is 5.91. The first-order valence-corrected chi connectivity index (χ1v) is 11.1. The molecule has 31 heavy (non-hydrogen) atoms. The van der Waals surface area contributed by atoms with E-state index in [0.717, 1.165) is 38.2 Å². The van der Waals surface area contributed by atoms with Gasteiger partial charge in [-0.25, -0.2) is 0 Å². The topological polar surface area (TPSA) is 45.5 Å². The van der Waals surface area contributed by atoms with E-state index in [0.29, 0.717) is 24.4 Å². The van der Waals surface area contributed by atoms with Crippen LogP contribution in [0.4, 0.5) is 13.2 Å². The first-order valence-electron chi connectivity index (χ1n) is 11.1. The van der Waals surface area contributed by atoms with Crippen LogP contribution in [0, 0.1) is 0 Å². The number of alkyl halides is 3. The van der Waals surface area contributed by atoms with Crippen molar-refractivity contribution in [2.75, 3.05) is 0 Å². The molecular formula is C24H31F3N2O2. The SMILES string of the molecule is CCC(C)NC(=O)c1ccc(CN(Cc2cccc(C(F)(F)F)c2)C2CCCCC2)o1. The van der Waals surface area contributed by atoms with E-state index in [1.54, 1.807) is 18.2 Å². The second kappa shape index (κ2) is 10.4. The summed E-state index contributed by atoms with van der Waals surface area (Å²) in [4.78, 5) is 14.5. The van der Waals surface area contributed by atoms with Crippen molar-refractivity contribution in [3.05, 3.63) is 59.0 Å². The average molecular weight is 437 g/mol. The third kappa shape index (κ3) is 6.60. The summed E-state index contributed by atoms with van der Waals surface area (Å²) in [7, 11) is 0. The fourth-order valence-corrected chi connectivity index (χ4v) is 4.02. The molecule has 1 N–H and O–H groups in total. The van der Waals surface area contributed by atoms with E-state index in [4.69, 9.17) is 4.42 Å². The van der Waals surface area contributed by atoms with Crippen molar-refractivity contribution in [3.63, 3.8) is 0 Å². The minimum atomic E-state index is -4.36. The summed E-state index contributed by atoms with van der Waals surface area (Å²) in [6.07, 6.45) is 1.92. The van der Waals surface area contributed by atoms with E-state index in [1.807, 2.05) is 13.8 Å². The minimum absolute atomic E-state index is 0.0562. The number of hydrogen-bond acceptors (Lipinski definition) is 3. The van der Waals surface area contributed by atoms with Gasteiger partial charge in [-0.3, -0.25) is 9.69 Å². The molecule has 1 atom stereocenters. The van der Waals surface area contributed by atoms with Gasteiger partial charge in [-0.15, -0.1) is 0 Å². The molecule has 3 rings (SSSR count). The maximum absolute atomic E-state index is 13.1. The molecule has 2 aromatic rings. The Morgan fingerprint density at radius 1 is 1.16 bits per heavy atom. The summed E-state index contributed by atoms with van der Waals surface area (Å²) in [5.74, 6) is 0.660. The molecule has 170 valence electrons. The van der Waals surface area contributed by atoms with Crippen LogP contribution in [0.25, 0.3) is 0 Å². The molecule has 0 radical (unpaired) electrons. The maximum atomic E-state index is 13.1. The van der Waals surface area contributed by atoms with Crippen molar-refractivity contribution in [1.82, 2.24) is 10.2 Å². The number of nitrogens with one attached hydrogen (secondary N) is 1. The molecule has 1 aromatic carbocycles. The van der Waals surface area contributed by atoms with Crippen LogP contribution >= 0.6 is 0 Å². The van der Waals surface area contributed by atoms with E-state index in [2.05, 4.69) is 10.2 Å². The number of benzene rings is 1. The van der Waals surface area contributed by atoms with E-state index in [1.165, 1.54) is 18.6 Å². The number of carbonyl (C=O) groups is 1. The lowest BCUT2D eigenvalue weighted by Gasteiger charge is -2.34. The van der Waals surface area contributed by atoms with Crippen LogP contribution in [0.15, 0.2) is 40.8 Å². The zero-order valence-corrected chi connectivity index (χ0v) is 18.2. The first-order chi connectivity index (χ1) is 14.8. The van der Waals surface area contributed by atoms with Crippen molar-refractivity contribution in [2.24, 2.45) is 0 Å². The van der Waals surface area contributed by atoms with Gasteiger partial charge in [0, 0.05) is 18.6 Å². The number of nitrogens with zero attached hydrogens (tertiary/aromatic N) is 1. The number of carbonyl (C=O) groups excluding carboxylic acids is 1. The van der Waals surface area contributed by atoms with Crippen LogP contribution in [-0.2, 0) is 19.3 Å². The second-order valence-electron chi connectivity index (χ2n) is 8.44. The van der Waals surface area contributed by atoms with Crippen LogP contribution in [0.5, 0.6) is 0 Å². The summed E-state index contributed by atoms with van der Waals surface area (Å²) in [5, 5.41) is 2.88. The highest BCUT2D eigenvalue weighted by atomic mass is 19.4. The average Bonchev–Trinajstić information content (AvgIpc) is 3.22. The fourth-order valence-electron chi connectivity index (χ4n) is 4.02. The molecule has 7 heteroatoms. The van der Waals surface area contributed by atoms with Gasteiger partial charge in [-0.05, 0) is 49.9 Å². The van der Waals surface area contributed by atoms with Crippen LogP contribution in [0.1, 0.15) is 79.8 Å². The van der Waals surface area contributed by atoms with Gasteiger partial charge in [-0.1, -0.05) is 44.4 Å². The number of furan rings is 1. The first kappa shape index (κ1) is 23.4. The Balaban J connectivity index is 1.75. The van der Waals surface area contributed by atoms with E-state index >= 15 is 0 Å². The standard InChI is InChI=1S/C24H31F3N2O2/c1-3-17(2)28-23(30)22-13-12-21(31-22)16-29(20-10-5-4-6-11-20)15-18-8-7-9-19(14-18)24(25,26)27/h7-9,12-14,17,20H,3-6,10-11,15-16H2,1-2H3,(H,28,30). The molecule has 0 bridgehead atoms. The van der Waals surface area contributed by atoms with Crippen molar-refractivity contribution < 1.29 is 22.4 Å². The van der Waals surface area contributed by atoms with Gasteiger partial charge in [0.2, 0.25) is 0 Å². The summed E-state index contributed by atoms with van der Waals surface area (Å²) in [6.45, 7) is 4.79. The molecule has 1 aliphatic carbocycles. The lowest BCUT2D eigenvalue weighted by atomic mass is 9.93. The quantitative estimate of drug-likeness (QED) is 0.539. The molecule has 1 aromatic heterocycles. The molecule has 0 saturated heterocycles. The fraction of sp³-hybridized carbons (Fsp3) is 0.542. The molecule has 1 aliphatic rings. The molecule has 1 saturated carbocycles. The van der Waals surface area contributed by atoms with Gasteiger partial charge in [-0.2, -0.15) is 13.2 Å². The summed E-state index contributed by atoms with van der Waals surface area (Å²) in [5.41, 5.74) is -0.00251. The van der Waals surface area contributed by atoms with Gasteiger partial charge in [0.1, 0.15) is 5.76 Å². The van der Waals surface area contributed by atoms with Crippen molar-refractivity contribution in [2.45, 2.75) is 83.7 Å². The van der Waals surface area contributed by atoms with Gasteiger partial charge in [0.05, 0.1) is 12.1 Å². The second-order valence-corrected chi connectivity index (χ2v) is 8.44. The van der Waals surface area contributed by atoms with E-state index in [9.17, 15) is 18.0 Å². The lowest BCUT2D eigenvalue weighted by molar-refractivity contribution is -0.137. The van der Waals surface area contributed by atoms with Crippen LogP contribution in [0.3, 0.4) is 0 Å². The predicted octanol–water partition coefficient (Wildman–Crippen LogP) is 6.16. The molecule has 4 nitrogen and oxygen atoms in total. The molecule has 1 amide bonds. The maximum Gasteiger partial charge on any atom is 0.416 e. The molecule has 1 fully saturated rings. The third-order valence-corrected chi connectivity index (χ3v) is 5.97. The summed E-state index contributed by atoms with van der Waals surface area (Å²) in [6, 6.07) is 9.31. The minimum Gasteiger partial charge on any atom is -0.455 e. The molecule has 0 spiro atoms. The summed E-state index contributed by atoms with van der Waals surface area (Å²) >= 11 is 0. The predicted molar refractivity (Wildman–Crippen MR) is 113 cm³/mol. The smallest absolute Gasteiger partial charge is 0.416 e. The van der Waals surface area contributed by atoms with E-state index < -0.39 is 11.7 Å². The Morgan fingerprint density at radius 2 is 1.90 bits per heavy atom. The largest absolute Gasteiger partial charge is 0.455 e. The Morgan fingerprint density at radius 3 is 2.58 bits per heavy atom. The highest BCUT2D eigenvalue weighted by Crippen LogP contribution is 2.31. The number of halogens is 3. The Bertz CT molecular complexity index is 857. The van der Waals surface area contributed by atoms with Gasteiger partial charge >= 0.3 is 6.18 Å². The zero-order chi connectivity index (χ0) is 22.4. The van der Waals surface area contributed by atoms with Crippen LogP contribution in [0.2, 0.25) is 0 Å². The Labute approximate surface area is 181 Å². The zero-order valence-electron chi connectivity index (χ0n) is 18.2. The summed E-state index contributed by atoms with van der Waals surface area (Å²) < 4.78 is 45.2. The van der Waals surface area contributed by atoms with Crippen molar-refractivity contribution in [3.8, 4) is 0 Å². The van der Waals surface area contributed by atoms with Crippen LogP contribution < -0.4 is 5.32 Å². The number of rotatable bonds is 8. The van der Waals surface area contributed by atoms with Crippen molar-refractivity contribution in [1.29, 1.82) is 0 Å². The number of amides is 1. The molecule has 0 aliphatic heterocycles. The monoisotopic (exact) mass is 436 g/mol. The normalized spacial score (nSPS) is 16.5. The van der Waals surface area contributed by atoms with Crippen molar-refractivity contribution >= 4 is 5.91 Å². The lowest BCUT2D eigenvalue weighted by Crippen LogP contribution is -2.35. The Kier molecular flexibility index (Phi) is 7.81. The number of hydrogen-bond donors (Lipinski definition) is 1. The molecular weight excluding hydrogens is 405 g/mol. The van der Waals surface area contributed by atoms with Gasteiger partial charge < -0.3 is 9.73 Å². The Hall–Kier alpha value is -2.28. The molecule has 1 unspecified atom stereocenters. The highest BCUT2D eigenvalue weighted by Gasteiger charge is 2.31. The molecule has 1 heterocycles. The van der Waals surface area contributed by atoms with Gasteiger partial charge in [0.25, 0.3) is 5.91 Å².